The second kappa shape index (κ2) is 5.93. The van der Waals surface area contributed by atoms with Crippen molar-refractivity contribution in [3.63, 3.8) is 0 Å². The molecule has 5 nitrogen and oxygen atoms in total. The normalized spacial score (nSPS) is 10.0. The maximum absolute atomic E-state index is 12.5. The van der Waals surface area contributed by atoms with Crippen LogP contribution in [0, 0.1) is 5.95 Å². The van der Waals surface area contributed by atoms with Crippen LogP contribution in [-0.2, 0) is 4.79 Å². The van der Waals surface area contributed by atoms with E-state index in [4.69, 9.17) is 5.11 Å². The third kappa shape index (κ3) is 4.18. The van der Waals surface area contributed by atoms with Gasteiger partial charge in [0.05, 0.1) is 5.56 Å². The van der Waals surface area contributed by atoms with E-state index in [-0.39, 0.29) is 17.9 Å². The highest BCUT2D eigenvalue weighted by Gasteiger charge is 2.12. The summed E-state index contributed by atoms with van der Waals surface area (Å²) >= 11 is 0. The Morgan fingerprint density at radius 3 is 2.71 bits per heavy atom. The quantitative estimate of drug-likeness (QED) is 0.784. The van der Waals surface area contributed by atoms with E-state index in [0.29, 0.717) is 13.0 Å². The van der Waals surface area contributed by atoms with Crippen molar-refractivity contribution in [3.05, 3.63) is 29.8 Å². The fourth-order valence-corrected chi connectivity index (χ4v) is 1.29. The van der Waals surface area contributed by atoms with E-state index in [1.807, 2.05) is 0 Å². The number of carboxylic acid groups (broad SMARTS) is 1. The van der Waals surface area contributed by atoms with Gasteiger partial charge in [-0.05, 0) is 18.6 Å². The summed E-state index contributed by atoms with van der Waals surface area (Å²) in [6.07, 6.45) is 1.55. The number of pyridine rings is 1. The average molecular weight is 240 g/mol. The van der Waals surface area contributed by atoms with Gasteiger partial charge in [0.25, 0.3) is 5.91 Å². The van der Waals surface area contributed by atoms with E-state index in [2.05, 4.69) is 4.98 Å². The van der Waals surface area contributed by atoms with Crippen molar-refractivity contribution >= 4 is 11.9 Å². The molecule has 0 atom stereocenters. The van der Waals surface area contributed by atoms with Gasteiger partial charge in [0.15, 0.2) is 0 Å². The van der Waals surface area contributed by atoms with Gasteiger partial charge in [-0.3, -0.25) is 9.59 Å². The Hall–Kier alpha value is -1.98. The molecule has 0 aliphatic heterocycles. The number of hydrogen-bond acceptors (Lipinski definition) is 3. The van der Waals surface area contributed by atoms with E-state index >= 15 is 0 Å². The highest BCUT2D eigenvalue weighted by Crippen LogP contribution is 2.04. The molecule has 0 saturated heterocycles. The summed E-state index contributed by atoms with van der Waals surface area (Å²) in [4.78, 5) is 26.8. The van der Waals surface area contributed by atoms with Gasteiger partial charge in [0.2, 0.25) is 5.95 Å². The summed E-state index contributed by atoms with van der Waals surface area (Å²) in [5.41, 5.74) is 0.282. The molecule has 92 valence electrons. The summed E-state index contributed by atoms with van der Waals surface area (Å²) in [7, 11) is 1.56. The molecule has 0 aliphatic carbocycles. The maximum atomic E-state index is 12.5. The van der Waals surface area contributed by atoms with Gasteiger partial charge in [0.1, 0.15) is 0 Å². The molecule has 1 aromatic heterocycles. The van der Waals surface area contributed by atoms with Crippen LogP contribution >= 0.6 is 0 Å². The van der Waals surface area contributed by atoms with Crippen molar-refractivity contribution in [2.45, 2.75) is 12.8 Å². The summed E-state index contributed by atoms with van der Waals surface area (Å²) < 4.78 is 12.5. The zero-order valence-electron chi connectivity index (χ0n) is 9.39. The van der Waals surface area contributed by atoms with Gasteiger partial charge in [-0.2, -0.15) is 4.39 Å². The monoisotopic (exact) mass is 240 g/mol. The largest absolute Gasteiger partial charge is 0.481 e. The molecule has 1 amide bonds. The van der Waals surface area contributed by atoms with Gasteiger partial charge in [0, 0.05) is 26.2 Å². The molecular weight excluding hydrogens is 227 g/mol. The van der Waals surface area contributed by atoms with Crippen LogP contribution in [0.2, 0.25) is 0 Å². The van der Waals surface area contributed by atoms with E-state index in [1.165, 1.54) is 11.0 Å². The number of carbonyl (C=O) groups is 2. The van der Waals surface area contributed by atoms with E-state index < -0.39 is 11.9 Å². The average Bonchev–Trinajstić information content (AvgIpc) is 2.28. The SMILES string of the molecule is CN(CCCC(=O)O)C(=O)c1ccc(F)nc1. The van der Waals surface area contributed by atoms with Crippen LogP contribution in [0.1, 0.15) is 23.2 Å². The van der Waals surface area contributed by atoms with Crippen molar-refractivity contribution in [3.8, 4) is 0 Å². The number of carbonyl (C=O) groups excluding carboxylic acids is 1. The number of nitrogens with zero attached hydrogens (tertiary/aromatic N) is 2. The number of amides is 1. The van der Waals surface area contributed by atoms with Crippen LogP contribution in [0.5, 0.6) is 0 Å². The number of carboxylic acids is 1. The molecule has 0 aromatic carbocycles. The lowest BCUT2D eigenvalue weighted by Crippen LogP contribution is -2.28. The Bertz CT molecular complexity index is 406. The Kier molecular flexibility index (Phi) is 4.56. The van der Waals surface area contributed by atoms with Crippen molar-refractivity contribution in [2.75, 3.05) is 13.6 Å². The van der Waals surface area contributed by atoms with Gasteiger partial charge in [-0.25, -0.2) is 4.98 Å². The van der Waals surface area contributed by atoms with Crippen LogP contribution in [0.4, 0.5) is 4.39 Å². The Morgan fingerprint density at radius 2 is 2.18 bits per heavy atom. The Labute approximate surface area is 97.9 Å². The third-order valence-electron chi connectivity index (χ3n) is 2.21. The summed E-state index contributed by atoms with van der Waals surface area (Å²) in [5.74, 6) is -1.84. The molecule has 1 rings (SSSR count). The van der Waals surface area contributed by atoms with Crippen LogP contribution < -0.4 is 0 Å². The molecule has 0 radical (unpaired) electrons. The van der Waals surface area contributed by atoms with Crippen molar-refractivity contribution in [1.29, 1.82) is 0 Å². The summed E-state index contributed by atoms with van der Waals surface area (Å²) in [5, 5.41) is 8.46. The molecule has 0 fully saturated rings. The third-order valence-corrected chi connectivity index (χ3v) is 2.21. The van der Waals surface area contributed by atoms with Gasteiger partial charge < -0.3 is 10.0 Å². The summed E-state index contributed by atoms with van der Waals surface area (Å²) in [6.45, 7) is 0.336. The van der Waals surface area contributed by atoms with Crippen LogP contribution in [-0.4, -0.2) is 40.5 Å². The first-order chi connectivity index (χ1) is 8.00. The van der Waals surface area contributed by atoms with Crippen LogP contribution in [0.25, 0.3) is 0 Å². The predicted molar refractivity (Wildman–Crippen MR) is 58.0 cm³/mol. The Morgan fingerprint density at radius 1 is 1.47 bits per heavy atom. The van der Waals surface area contributed by atoms with E-state index in [0.717, 1.165) is 12.3 Å². The van der Waals surface area contributed by atoms with Crippen molar-refractivity contribution in [2.24, 2.45) is 0 Å². The number of halogens is 1. The first kappa shape index (κ1) is 13.1. The lowest BCUT2D eigenvalue weighted by molar-refractivity contribution is -0.137. The fraction of sp³-hybridized carbons (Fsp3) is 0.364. The molecule has 1 N–H and O–H groups in total. The predicted octanol–water partition coefficient (Wildman–Crippen LogP) is 1.16. The molecule has 17 heavy (non-hydrogen) atoms. The zero-order chi connectivity index (χ0) is 12.8. The van der Waals surface area contributed by atoms with E-state index in [1.54, 1.807) is 7.05 Å². The van der Waals surface area contributed by atoms with Crippen molar-refractivity contribution < 1.29 is 19.1 Å². The first-order valence-electron chi connectivity index (χ1n) is 5.09. The topological polar surface area (TPSA) is 70.5 Å². The molecule has 0 saturated carbocycles. The molecule has 1 heterocycles. The summed E-state index contributed by atoms with van der Waals surface area (Å²) in [6, 6.07) is 2.46. The number of aromatic nitrogens is 1. The van der Waals surface area contributed by atoms with Gasteiger partial charge in [-0.1, -0.05) is 0 Å². The molecule has 6 heteroatoms. The van der Waals surface area contributed by atoms with Crippen LogP contribution in [0.3, 0.4) is 0 Å². The molecule has 0 spiro atoms. The Balaban J connectivity index is 2.51. The highest BCUT2D eigenvalue weighted by atomic mass is 19.1. The van der Waals surface area contributed by atoms with Crippen LogP contribution in [0.15, 0.2) is 18.3 Å². The minimum Gasteiger partial charge on any atom is -0.481 e. The molecular formula is C11H13FN2O3. The van der Waals surface area contributed by atoms with Gasteiger partial charge in [-0.15, -0.1) is 0 Å². The van der Waals surface area contributed by atoms with Gasteiger partial charge >= 0.3 is 5.97 Å². The second-order valence-corrected chi connectivity index (χ2v) is 3.59. The minimum atomic E-state index is -0.894. The number of rotatable bonds is 5. The lowest BCUT2D eigenvalue weighted by atomic mass is 10.2. The maximum Gasteiger partial charge on any atom is 0.303 e. The lowest BCUT2D eigenvalue weighted by Gasteiger charge is -2.16. The number of aliphatic carboxylic acids is 1. The number of hydrogen-bond donors (Lipinski definition) is 1. The first-order valence-corrected chi connectivity index (χ1v) is 5.09. The zero-order valence-corrected chi connectivity index (χ0v) is 9.39. The molecule has 0 aliphatic rings. The molecule has 0 unspecified atom stereocenters. The fourth-order valence-electron chi connectivity index (χ4n) is 1.29. The standard InChI is InChI=1S/C11H13FN2O3/c1-14(6-2-3-10(15)16)11(17)8-4-5-9(12)13-7-8/h4-5,7H,2-3,6H2,1H3,(H,15,16). The minimum absolute atomic E-state index is 0.0132. The van der Waals surface area contributed by atoms with E-state index in [9.17, 15) is 14.0 Å². The molecule has 0 bridgehead atoms. The highest BCUT2D eigenvalue weighted by molar-refractivity contribution is 5.93. The molecule has 1 aromatic rings. The smallest absolute Gasteiger partial charge is 0.303 e. The second-order valence-electron chi connectivity index (χ2n) is 3.59. The van der Waals surface area contributed by atoms with Crippen molar-refractivity contribution in [1.82, 2.24) is 9.88 Å².